The molecule has 1 amide bonds. The van der Waals surface area contributed by atoms with Gasteiger partial charge in [0.25, 0.3) is 5.91 Å². The van der Waals surface area contributed by atoms with Crippen LogP contribution < -0.4 is 4.80 Å². The molecule has 0 aliphatic rings. The Bertz CT molecular complexity index is 1120. The first-order valence-corrected chi connectivity index (χ1v) is 9.83. The van der Waals surface area contributed by atoms with E-state index in [2.05, 4.69) is 4.99 Å². The lowest BCUT2D eigenvalue weighted by Crippen LogP contribution is -2.20. The number of esters is 1. The van der Waals surface area contributed by atoms with Crippen molar-refractivity contribution in [2.24, 2.45) is 12.0 Å². The van der Waals surface area contributed by atoms with E-state index in [1.807, 2.05) is 47.3 Å². The maximum Gasteiger partial charge on any atom is 0.355 e. The molecule has 1 aromatic carbocycles. The van der Waals surface area contributed by atoms with Gasteiger partial charge in [0.2, 0.25) is 0 Å². The van der Waals surface area contributed by atoms with Gasteiger partial charge in [0.15, 0.2) is 17.2 Å². The summed E-state index contributed by atoms with van der Waals surface area (Å²) in [5.41, 5.74) is 2.89. The number of carbonyl (C=O) groups excluding carboxylic acids is 3. The van der Waals surface area contributed by atoms with Gasteiger partial charge in [0.1, 0.15) is 5.69 Å². The molecule has 0 unspecified atom stereocenters. The fourth-order valence-corrected chi connectivity index (χ4v) is 3.44. The minimum absolute atomic E-state index is 0.151. The summed E-state index contributed by atoms with van der Waals surface area (Å²) in [6.45, 7) is 3.56. The summed E-state index contributed by atoms with van der Waals surface area (Å²) in [4.78, 5) is 40.4. The minimum Gasteiger partial charge on any atom is -0.451 e. The number of hydrogen-bond donors (Lipinski definition) is 0. The molecular weight excluding hydrogens is 390 g/mol. The Morgan fingerprint density at radius 2 is 1.90 bits per heavy atom. The summed E-state index contributed by atoms with van der Waals surface area (Å²) >= 11 is 1.33. The summed E-state index contributed by atoms with van der Waals surface area (Å²) < 4.78 is 8.43. The van der Waals surface area contributed by atoms with Crippen molar-refractivity contribution in [1.29, 1.82) is 0 Å². The highest BCUT2D eigenvalue weighted by molar-refractivity contribution is 7.07. The molecule has 7 nitrogen and oxygen atoms in total. The standard InChI is InChI=1S/C21H21N3O4S/c1-14-4-6-16(7-5-14)11-24-8-9-29-21(24)22-19(26)13-28-20(27)18-10-17(15(2)25)12-23(18)3/h4-10,12H,11,13H2,1-3H3. The second-order valence-electron chi connectivity index (χ2n) is 6.66. The second-order valence-corrected chi connectivity index (χ2v) is 7.53. The second kappa shape index (κ2) is 8.83. The van der Waals surface area contributed by atoms with Gasteiger partial charge in [-0.1, -0.05) is 29.8 Å². The van der Waals surface area contributed by atoms with Crippen LogP contribution in [0.15, 0.2) is 53.1 Å². The predicted octanol–water partition coefficient (Wildman–Crippen LogP) is 2.73. The van der Waals surface area contributed by atoms with E-state index in [1.54, 1.807) is 13.2 Å². The van der Waals surface area contributed by atoms with Crippen LogP contribution in [0, 0.1) is 6.92 Å². The first-order valence-electron chi connectivity index (χ1n) is 8.95. The molecular formula is C21H21N3O4S. The van der Waals surface area contributed by atoms with Gasteiger partial charge in [-0.15, -0.1) is 11.3 Å². The van der Waals surface area contributed by atoms with Crippen molar-refractivity contribution >= 4 is 29.0 Å². The van der Waals surface area contributed by atoms with E-state index >= 15 is 0 Å². The summed E-state index contributed by atoms with van der Waals surface area (Å²) in [6.07, 6.45) is 3.40. The first kappa shape index (κ1) is 20.5. The number of amides is 1. The molecule has 0 saturated heterocycles. The highest BCUT2D eigenvalue weighted by Crippen LogP contribution is 2.10. The average Bonchev–Trinajstić information content (AvgIpc) is 3.28. The number of benzene rings is 1. The maximum atomic E-state index is 12.2. The lowest BCUT2D eigenvalue weighted by molar-refractivity contribution is -0.121. The van der Waals surface area contributed by atoms with E-state index in [-0.39, 0.29) is 11.5 Å². The number of nitrogens with zero attached hydrogens (tertiary/aromatic N) is 3. The normalized spacial score (nSPS) is 11.5. The fraction of sp³-hybridized carbons (Fsp3) is 0.238. The van der Waals surface area contributed by atoms with Crippen LogP contribution >= 0.6 is 11.3 Å². The summed E-state index contributed by atoms with van der Waals surface area (Å²) in [5.74, 6) is -1.39. The van der Waals surface area contributed by atoms with Crippen LogP contribution in [0.5, 0.6) is 0 Å². The largest absolute Gasteiger partial charge is 0.451 e. The average molecular weight is 411 g/mol. The third kappa shape index (κ3) is 5.17. The van der Waals surface area contributed by atoms with E-state index in [0.29, 0.717) is 16.9 Å². The number of aryl methyl sites for hydroxylation is 2. The molecule has 0 saturated carbocycles. The van der Waals surface area contributed by atoms with Crippen LogP contribution in [0.2, 0.25) is 0 Å². The molecule has 0 bridgehead atoms. The van der Waals surface area contributed by atoms with Crippen LogP contribution in [0.4, 0.5) is 0 Å². The van der Waals surface area contributed by atoms with Crippen molar-refractivity contribution in [3.05, 3.63) is 75.3 Å². The molecule has 150 valence electrons. The molecule has 0 aliphatic carbocycles. The summed E-state index contributed by atoms with van der Waals surface area (Å²) in [6, 6.07) is 9.57. The monoisotopic (exact) mass is 411 g/mol. The third-order valence-electron chi connectivity index (χ3n) is 4.30. The van der Waals surface area contributed by atoms with Crippen LogP contribution in [0.1, 0.15) is 38.9 Å². The Morgan fingerprint density at radius 1 is 1.17 bits per heavy atom. The Kier molecular flexibility index (Phi) is 6.23. The lowest BCUT2D eigenvalue weighted by atomic mass is 10.1. The zero-order valence-electron chi connectivity index (χ0n) is 16.4. The Labute approximate surface area is 171 Å². The predicted molar refractivity (Wildman–Crippen MR) is 109 cm³/mol. The molecule has 2 aromatic heterocycles. The van der Waals surface area contributed by atoms with Crippen molar-refractivity contribution in [1.82, 2.24) is 9.13 Å². The quantitative estimate of drug-likeness (QED) is 0.461. The molecule has 0 fully saturated rings. The SMILES string of the molecule is CC(=O)c1cc(C(=O)OCC(=O)N=c2sccn2Cc2ccc(C)cc2)n(C)c1. The van der Waals surface area contributed by atoms with Crippen molar-refractivity contribution in [2.45, 2.75) is 20.4 Å². The molecule has 0 atom stereocenters. The Morgan fingerprint density at radius 3 is 2.55 bits per heavy atom. The van der Waals surface area contributed by atoms with Gasteiger partial charge in [-0.3, -0.25) is 9.59 Å². The molecule has 0 radical (unpaired) electrons. The number of aromatic nitrogens is 2. The zero-order chi connectivity index (χ0) is 21.0. The van der Waals surface area contributed by atoms with E-state index in [4.69, 9.17) is 4.74 Å². The van der Waals surface area contributed by atoms with E-state index in [0.717, 1.165) is 5.56 Å². The number of thiazole rings is 1. The van der Waals surface area contributed by atoms with Gasteiger partial charge in [-0.05, 0) is 25.5 Å². The molecule has 0 N–H and O–H groups in total. The number of hydrogen-bond acceptors (Lipinski definition) is 5. The molecule has 0 spiro atoms. The maximum absolute atomic E-state index is 12.2. The van der Waals surface area contributed by atoms with Crippen molar-refractivity contribution in [2.75, 3.05) is 6.61 Å². The smallest absolute Gasteiger partial charge is 0.355 e. The summed E-state index contributed by atoms with van der Waals surface area (Å²) in [5, 5.41) is 1.85. The number of carbonyl (C=O) groups is 3. The topological polar surface area (TPSA) is 82.7 Å². The van der Waals surface area contributed by atoms with Crippen LogP contribution in [-0.4, -0.2) is 33.4 Å². The number of Topliss-reactive ketones (excluding diaryl/α,β-unsaturated/α-hetero) is 1. The van der Waals surface area contributed by atoms with Gasteiger partial charge in [0, 0.05) is 36.9 Å². The molecule has 3 rings (SSSR count). The zero-order valence-corrected chi connectivity index (χ0v) is 17.2. The highest BCUT2D eigenvalue weighted by Gasteiger charge is 2.16. The molecule has 3 aromatic rings. The fourth-order valence-electron chi connectivity index (χ4n) is 2.70. The van der Waals surface area contributed by atoms with Crippen LogP contribution in [-0.2, 0) is 23.1 Å². The minimum atomic E-state index is -0.678. The third-order valence-corrected chi connectivity index (χ3v) is 5.10. The number of ketones is 1. The van der Waals surface area contributed by atoms with Crippen molar-refractivity contribution in [3.63, 3.8) is 0 Å². The lowest BCUT2D eigenvalue weighted by Gasteiger charge is -2.04. The molecule has 2 heterocycles. The van der Waals surface area contributed by atoms with Crippen LogP contribution in [0.25, 0.3) is 0 Å². The molecule has 29 heavy (non-hydrogen) atoms. The number of rotatable bonds is 6. The highest BCUT2D eigenvalue weighted by atomic mass is 32.1. The Hall–Kier alpha value is -3.26. The first-order chi connectivity index (χ1) is 13.8. The van der Waals surface area contributed by atoms with Crippen LogP contribution in [0.3, 0.4) is 0 Å². The molecule has 8 heteroatoms. The van der Waals surface area contributed by atoms with Gasteiger partial charge in [-0.2, -0.15) is 4.99 Å². The van der Waals surface area contributed by atoms with E-state index in [1.165, 1.54) is 34.5 Å². The number of ether oxygens (including phenoxy) is 1. The summed E-state index contributed by atoms with van der Waals surface area (Å²) in [7, 11) is 1.63. The van der Waals surface area contributed by atoms with Gasteiger partial charge < -0.3 is 13.9 Å². The Balaban J connectivity index is 1.65. The molecule has 0 aliphatic heterocycles. The van der Waals surface area contributed by atoms with Gasteiger partial charge in [-0.25, -0.2) is 4.79 Å². The van der Waals surface area contributed by atoms with Crippen molar-refractivity contribution in [3.8, 4) is 0 Å². The van der Waals surface area contributed by atoms with E-state index < -0.39 is 18.5 Å². The van der Waals surface area contributed by atoms with Crippen molar-refractivity contribution < 1.29 is 19.1 Å². The van der Waals surface area contributed by atoms with Gasteiger partial charge in [0.05, 0.1) is 0 Å². The van der Waals surface area contributed by atoms with E-state index in [9.17, 15) is 14.4 Å². The van der Waals surface area contributed by atoms with Gasteiger partial charge >= 0.3 is 5.97 Å².